The molecule has 1 amide bonds. The SMILES string of the molecule is O=C(CCCCCOc1ccc(-c2nnc(-c3ccccc3)s2)cc1)NO. The molecule has 0 saturated heterocycles. The largest absolute Gasteiger partial charge is 0.494 e. The summed E-state index contributed by atoms with van der Waals surface area (Å²) < 4.78 is 5.72. The third kappa shape index (κ3) is 5.60. The molecular formula is C20H21N3O3S. The number of hydrogen-bond donors (Lipinski definition) is 2. The quantitative estimate of drug-likeness (QED) is 0.327. The first-order valence-electron chi connectivity index (χ1n) is 8.81. The van der Waals surface area contributed by atoms with Crippen LogP contribution in [-0.2, 0) is 4.79 Å². The number of carbonyl (C=O) groups is 1. The van der Waals surface area contributed by atoms with Crippen LogP contribution in [0.2, 0.25) is 0 Å². The highest BCUT2D eigenvalue weighted by molar-refractivity contribution is 7.17. The molecule has 2 N–H and O–H groups in total. The number of nitrogens with zero attached hydrogens (tertiary/aromatic N) is 2. The fourth-order valence-electron chi connectivity index (χ4n) is 2.54. The van der Waals surface area contributed by atoms with E-state index in [0.29, 0.717) is 13.0 Å². The Morgan fingerprint density at radius 2 is 1.59 bits per heavy atom. The number of aromatic nitrogens is 2. The van der Waals surface area contributed by atoms with Crippen LogP contribution < -0.4 is 10.2 Å². The van der Waals surface area contributed by atoms with Gasteiger partial charge in [-0.2, -0.15) is 0 Å². The number of rotatable bonds is 9. The zero-order chi connectivity index (χ0) is 18.9. The van der Waals surface area contributed by atoms with Crippen molar-refractivity contribution in [3.63, 3.8) is 0 Å². The highest BCUT2D eigenvalue weighted by atomic mass is 32.1. The zero-order valence-electron chi connectivity index (χ0n) is 14.8. The first-order valence-corrected chi connectivity index (χ1v) is 9.63. The third-order valence-electron chi connectivity index (χ3n) is 3.99. The lowest BCUT2D eigenvalue weighted by atomic mass is 10.2. The molecule has 0 fully saturated rings. The number of hydroxylamine groups is 1. The van der Waals surface area contributed by atoms with E-state index in [9.17, 15) is 4.79 Å². The highest BCUT2D eigenvalue weighted by Crippen LogP contribution is 2.30. The molecule has 0 radical (unpaired) electrons. The molecule has 1 aromatic heterocycles. The molecule has 2 aromatic carbocycles. The Morgan fingerprint density at radius 1 is 0.926 bits per heavy atom. The van der Waals surface area contributed by atoms with E-state index >= 15 is 0 Å². The smallest absolute Gasteiger partial charge is 0.243 e. The fourth-order valence-corrected chi connectivity index (χ4v) is 3.40. The monoisotopic (exact) mass is 383 g/mol. The van der Waals surface area contributed by atoms with Crippen molar-refractivity contribution in [1.29, 1.82) is 0 Å². The van der Waals surface area contributed by atoms with Gasteiger partial charge in [0.2, 0.25) is 5.91 Å². The maximum absolute atomic E-state index is 10.9. The molecule has 0 atom stereocenters. The Morgan fingerprint density at radius 3 is 2.26 bits per heavy atom. The van der Waals surface area contributed by atoms with E-state index in [0.717, 1.165) is 46.2 Å². The van der Waals surface area contributed by atoms with Crippen LogP contribution in [0.5, 0.6) is 5.75 Å². The Balaban J connectivity index is 1.48. The third-order valence-corrected chi connectivity index (χ3v) is 5.01. The first kappa shape index (κ1) is 19.0. The minimum Gasteiger partial charge on any atom is -0.494 e. The summed E-state index contributed by atoms with van der Waals surface area (Å²) >= 11 is 1.56. The van der Waals surface area contributed by atoms with Crippen molar-refractivity contribution in [2.45, 2.75) is 25.7 Å². The molecule has 140 valence electrons. The van der Waals surface area contributed by atoms with Gasteiger partial charge in [0, 0.05) is 17.5 Å². The lowest BCUT2D eigenvalue weighted by Gasteiger charge is -2.06. The second-order valence-electron chi connectivity index (χ2n) is 6.00. The number of amides is 1. The molecule has 0 unspecified atom stereocenters. The van der Waals surface area contributed by atoms with Crippen LogP contribution >= 0.6 is 11.3 Å². The van der Waals surface area contributed by atoms with Crippen LogP contribution in [0.4, 0.5) is 0 Å². The molecule has 0 saturated carbocycles. The topological polar surface area (TPSA) is 84.3 Å². The minimum atomic E-state index is -0.349. The van der Waals surface area contributed by atoms with E-state index in [1.54, 1.807) is 16.8 Å². The number of nitrogens with one attached hydrogen (secondary N) is 1. The Hall–Kier alpha value is -2.77. The highest BCUT2D eigenvalue weighted by Gasteiger charge is 2.08. The minimum absolute atomic E-state index is 0.331. The van der Waals surface area contributed by atoms with E-state index in [4.69, 9.17) is 9.94 Å². The molecular weight excluding hydrogens is 362 g/mol. The summed E-state index contributed by atoms with van der Waals surface area (Å²) in [5, 5.41) is 18.8. The maximum Gasteiger partial charge on any atom is 0.243 e. The summed E-state index contributed by atoms with van der Waals surface area (Å²) in [5.74, 6) is 0.457. The normalized spacial score (nSPS) is 10.6. The van der Waals surface area contributed by atoms with E-state index in [2.05, 4.69) is 10.2 Å². The second-order valence-corrected chi connectivity index (χ2v) is 6.97. The summed E-state index contributed by atoms with van der Waals surface area (Å²) in [6.45, 7) is 0.594. The molecule has 3 rings (SSSR count). The average Bonchev–Trinajstić information content (AvgIpc) is 3.22. The van der Waals surface area contributed by atoms with Crippen LogP contribution in [-0.4, -0.2) is 27.9 Å². The average molecular weight is 383 g/mol. The number of benzene rings is 2. The van der Waals surface area contributed by atoms with Crippen LogP contribution in [0, 0.1) is 0 Å². The van der Waals surface area contributed by atoms with E-state index < -0.39 is 0 Å². The van der Waals surface area contributed by atoms with Crippen molar-refractivity contribution in [2.24, 2.45) is 0 Å². The standard InChI is InChI=1S/C20H21N3O3S/c24-18(23-25)9-5-2-6-14-26-17-12-10-16(11-13-17)20-22-21-19(27-20)15-7-3-1-4-8-15/h1,3-4,7-8,10-13,25H,2,5-6,9,14H2,(H,23,24). The molecule has 1 heterocycles. The van der Waals surface area contributed by atoms with Gasteiger partial charge in [-0.1, -0.05) is 41.7 Å². The summed E-state index contributed by atoms with van der Waals surface area (Å²) in [6.07, 6.45) is 2.79. The van der Waals surface area contributed by atoms with E-state index in [1.807, 2.05) is 54.6 Å². The summed E-state index contributed by atoms with van der Waals surface area (Å²) in [5.41, 5.74) is 3.71. The van der Waals surface area contributed by atoms with Crippen LogP contribution in [0.25, 0.3) is 21.1 Å². The van der Waals surface area contributed by atoms with Gasteiger partial charge in [-0.25, -0.2) is 5.48 Å². The molecule has 0 aliphatic rings. The van der Waals surface area contributed by atoms with Gasteiger partial charge in [0.05, 0.1) is 6.61 Å². The molecule has 3 aromatic rings. The van der Waals surface area contributed by atoms with E-state index in [1.165, 1.54) is 0 Å². The van der Waals surface area contributed by atoms with Gasteiger partial charge in [-0.3, -0.25) is 10.0 Å². The van der Waals surface area contributed by atoms with E-state index in [-0.39, 0.29) is 5.91 Å². The van der Waals surface area contributed by atoms with Gasteiger partial charge >= 0.3 is 0 Å². The number of carbonyl (C=O) groups excluding carboxylic acids is 1. The number of unbranched alkanes of at least 4 members (excludes halogenated alkanes) is 2. The van der Waals surface area contributed by atoms with Crippen molar-refractivity contribution in [2.75, 3.05) is 6.61 Å². The van der Waals surface area contributed by atoms with Crippen LogP contribution in [0.3, 0.4) is 0 Å². The molecule has 0 aliphatic carbocycles. The number of hydrogen-bond acceptors (Lipinski definition) is 6. The molecule has 7 heteroatoms. The van der Waals surface area contributed by atoms with Gasteiger partial charge in [-0.05, 0) is 43.5 Å². The summed E-state index contributed by atoms with van der Waals surface area (Å²) in [4.78, 5) is 10.9. The van der Waals surface area contributed by atoms with Crippen molar-refractivity contribution >= 4 is 17.2 Å². The lowest BCUT2D eigenvalue weighted by Crippen LogP contribution is -2.17. The Kier molecular flexibility index (Phi) is 6.90. The molecule has 0 bridgehead atoms. The van der Waals surface area contributed by atoms with Gasteiger partial charge < -0.3 is 4.74 Å². The summed E-state index contributed by atoms with van der Waals surface area (Å²) in [7, 11) is 0. The van der Waals surface area contributed by atoms with Gasteiger partial charge in [0.25, 0.3) is 0 Å². The Labute approximate surface area is 161 Å². The fraction of sp³-hybridized carbons (Fsp3) is 0.250. The molecule has 27 heavy (non-hydrogen) atoms. The van der Waals surface area contributed by atoms with Gasteiger partial charge in [0.1, 0.15) is 15.8 Å². The van der Waals surface area contributed by atoms with Crippen LogP contribution in [0.1, 0.15) is 25.7 Å². The van der Waals surface area contributed by atoms with Crippen molar-refractivity contribution in [3.8, 4) is 26.9 Å². The maximum atomic E-state index is 10.9. The number of ether oxygens (including phenoxy) is 1. The van der Waals surface area contributed by atoms with Gasteiger partial charge in [-0.15, -0.1) is 10.2 Å². The van der Waals surface area contributed by atoms with Crippen molar-refractivity contribution in [1.82, 2.24) is 15.7 Å². The van der Waals surface area contributed by atoms with Gasteiger partial charge in [0.15, 0.2) is 0 Å². The lowest BCUT2D eigenvalue weighted by molar-refractivity contribution is -0.129. The first-order chi connectivity index (χ1) is 13.3. The predicted molar refractivity (Wildman–Crippen MR) is 105 cm³/mol. The summed E-state index contributed by atoms with van der Waals surface area (Å²) in [6, 6.07) is 17.8. The molecule has 0 aliphatic heterocycles. The van der Waals surface area contributed by atoms with Crippen molar-refractivity contribution < 1.29 is 14.7 Å². The molecule has 6 nitrogen and oxygen atoms in total. The van der Waals surface area contributed by atoms with Crippen molar-refractivity contribution in [3.05, 3.63) is 54.6 Å². The zero-order valence-corrected chi connectivity index (χ0v) is 15.6. The van der Waals surface area contributed by atoms with Crippen LogP contribution in [0.15, 0.2) is 54.6 Å². The Bertz CT molecular complexity index is 850. The second kappa shape index (κ2) is 9.80. The molecule has 0 spiro atoms. The predicted octanol–water partition coefficient (Wildman–Crippen LogP) is 4.32.